The van der Waals surface area contributed by atoms with Crippen molar-refractivity contribution in [3.8, 4) is 11.5 Å². The SMILES string of the molecule is CCOc1cc(/C=C2/SC(=O)N(Cc3ccc(I)cc3)C2=O)ccc1OCc1ccccc1Cl. The Kier molecular flexibility index (Phi) is 8.18. The molecule has 1 aliphatic rings. The Morgan fingerprint density at radius 3 is 2.50 bits per heavy atom. The van der Waals surface area contributed by atoms with Crippen LogP contribution in [0.3, 0.4) is 0 Å². The minimum Gasteiger partial charge on any atom is -0.490 e. The summed E-state index contributed by atoms with van der Waals surface area (Å²) in [6.07, 6.45) is 1.71. The summed E-state index contributed by atoms with van der Waals surface area (Å²) in [6.45, 7) is 2.90. The Balaban J connectivity index is 1.51. The molecule has 0 aromatic heterocycles. The molecule has 0 N–H and O–H groups in total. The molecule has 174 valence electrons. The number of carbonyl (C=O) groups is 2. The summed E-state index contributed by atoms with van der Waals surface area (Å²) in [5.41, 5.74) is 2.52. The van der Waals surface area contributed by atoms with Gasteiger partial charge in [0.25, 0.3) is 11.1 Å². The van der Waals surface area contributed by atoms with E-state index in [2.05, 4.69) is 22.6 Å². The third kappa shape index (κ3) is 5.95. The van der Waals surface area contributed by atoms with Crippen LogP contribution in [0.1, 0.15) is 23.6 Å². The third-order valence-corrected chi connectivity index (χ3v) is 7.03. The van der Waals surface area contributed by atoms with Crippen molar-refractivity contribution in [1.29, 1.82) is 0 Å². The topological polar surface area (TPSA) is 55.8 Å². The van der Waals surface area contributed by atoms with Crippen molar-refractivity contribution in [2.24, 2.45) is 0 Å². The molecule has 3 aromatic carbocycles. The van der Waals surface area contributed by atoms with Crippen molar-refractivity contribution in [1.82, 2.24) is 4.90 Å². The van der Waals surface area contributed by atoms with Crippen LogP contribution in [0.5, 0.6) is 11.5 Å². The van der Waals surface area contributed by atoms with Crippen LogP contribution >= 0.6 is 46.0 Å². The molecule has 0 radical (unpaired) electrons. The Morgan fingerprint density at radius 2 is 1.76 bits per heavy atom. The fourth-order valence-electron chi connectivity index (χ4n) is 3.33. The normalized spacial score (nSPS) is 14.7. The van der Waals surface area contributed by atoms with Gasteiger partial charge < -0.3 is 9.47 Å². The second-order valence-electron chi connectivity index (χ2n) is 7.41. The predicted octanol–water partition coefficient (Wildman–Crippen LogP) is 7.16. The van der Waals surface area contributed by atoms with Gasteiger partial charge in [0, 0.05) is 14.2 Å². The number of ether oxygens (including phenoxy) is 2. The first-order chi connectivity index (χ1) is 16.4. The van der Waals surface area contributed by atoms with E-state index < -0.39 is 0 Å². The van der Waals surface area contributed by atoms with Crippen molar-refractivity contribution in [2.45, 2.75) is 20.1 Å². The first-order valence-electron chi connectivity index (χ1n) is 10.6. The number of benzene rings is 3. The van der Waals surface area contributed by atoms with Crippen molar-refractivity contribution in [3.63, 3.8) is 0 Å². The van der Waals surface area contributed by atoms with E-state index in [0.717, 1.165) is 32.0 Å². The molecule has 4 rings (SSSR count). The number of nitrogens with zero attached hydrogens (tertiary/aromatic N) is 1. The quantitative estimate of drug-likeness (QED) is 0.202. The summed E-state index contributed by atoms with van der Waals surface area (Å²) in [5.74, 6) is 0.831. The van der Waals surface area contributed by atoms with Gasteiger partial charge in [-0.25, -0.2) is 0 Å². The van der Waals surface area contributed by atoms with E-state index in [1.165, 1.54) is 4.90 Å². The van der Waals surface area contributed by atoms with Gasteiger partial charge >= 0.3 is 0 Å². The van der Waals surface area contributed by atoms with Crippen molar-refractivity contribution >= 4 is 63.2 Å². The maximum Gasteiger partial charge on any atom is 0.293 e. The highest BCUT2D eigenvalue weighted by atomic mass is 127. The Labute approximate surface area is 221 Å². The van der Waals surface area contributed by atoms with Gasteiger partial charge in [0.1, 0.15) is 6.61 Å². The second-order valence-corrected chi connectivity index (χ2v) is 10.1. The van der Waals surface area contributed by atoms with Gasteiger partial charge in [-0.3, -0.25) is 14.5 Å². The summed E-state index contributed by atoms with van der Waals surface area (Å²) in [7, 11) is 0. The zero-order valence-electron chi connectivity index (χ0n) is 18.3. The van der Waals surface area contributed by atoms with Gasteiger partial charge in [-0.05, 0) is 88.8 Å². The summed E-state index contributed by atoms with van der Waals surface area (Å²) in [5, 5.41) is 0.359. The van der Waals surface area contributed by atoms with Gasteiger partial charge in [-0.2, -0.15) is 0 Å². The number of amides is 2. The summed E-state index contributed by atoms with van der Waals surface area (Å²) in [4.78, 5) is 27.0. The lowest BCUT2D eigenvalue weighted by atomic mass is 10.1. The average molecular weight is 606 g/mol. The molecular weight excluding hydrogens is 585 g/mol. The fraction of sp³-hybridized carbons (Fsp3) is 0.154. The molecule has 1 saturated heterocycles. The lowest BCUT2D eigenvalue weighted by Crippen LogP contribution is -2.27. The molecule has 0 unspecified atom stereocenters. The number of hydrogen-bond donors (Lipinski definition) is 0. The molecular formula is C26H21ClINO4S. The smallest absolute Gasteiger partial charge is 0.293 e. The largest absolute Gasteiger partial charge is 0.490 e. The molecule has 8 heteroatoms. The molecule has 3 aromatic rings. The molecule has 0 bridgehead atoms. The van der Waals surface area contributed by atoms with E-state index >= 15 is 0 Å². The molecule has 0 spiro atoms. The third-order valence-electron chi connectivity index (χ3n) is 5.03. The van der Waals surface area contributed by atoms with E-state index in [0.29, 0.717) is 34.6 Å². The highest BCUT2D eigenvalue weighted by Gasteiger charge is 2.35. The first-order valence-corrected chi connectivity index (χ1v) is 12.8. The van der Waals surface area contributed by atoms with Crippen LogP contribution in [0.4, 0.5) is 4.79 Å². The van der Waals surface area contributed by atoms with Gasteiger partial charge in [0.2, 0.25) is 0 Å². The molecule has 0 atom stereocenters. The minimum absolute atomic E-state index is 0.248. The van der Waals surface area contributed by atoms with Crippen LogP contribution in [-0.4, -0.2) is 22.7 Å². The summed E-state index contributed by atoms with van der Waals surface area (Å²) in [6, 6.07) is 20.7. The van der Waals surface area contributed by atoms with E-state index in [-0.39, 0.29) is 17.7 Å². The van der Waals surface area contributed by atoms with Crippen molar-refractivity contribution < 1.29 is 19.1 Å². The lowest BCUT2D eigenvalue weighted by molar-refractivity contribution is -0.123. The molecule has 0 saturated carbocycles. The lowest BCUT2D eigenvalue weighted by Gasteiger charge is -2.13. The first kappa shape index (κ1) is 24.6. The van der Waals surface area contributed by atoms with E-state index in [1.807, 2.05) is 61.5 Å². The monoisotopic (exact) mass is 605 g/mol. The molecule has 1 heterocycles. The number of imide groups is 1. The fourth-order valence-corrected chi connectivity index (χ4v) is 4.72. The van der Waals surface area contributed by atoms with Crippen molar-refractivity contribution in [2.75, 3.05) is 6.61 Å². The van der Waals surface area contributed by atoms with E-state index in [9.17, 15) is 9.59 Å². The predicted molar refractivity (Wildman–Crippen MR) is 144 cm³/mol. The summed E-state index contributed by atoms with van der Waals surface area (Å²) < 4.78 is 12.8. The highest BCUT2D eigenvalue weighted by Crippen LogP contribution is 2.36. The maximum atomic E-state index is 12.9. The molecule has 5 nitrogen and oxygen atoms in total. The molecule has 1 fully saturated rings. The average Bonchev–Trinajstić information content (AvgIpc) is 3.08. The van der Waals surface area contributed by atoms with Gasteiger partial charge in [-0.1, -0.05) is 48.0 Å². The number of carbonyl (C=O) groups excluding carboxylic acids is 2. The molecule has 2 amide bonds. The Bertz CT molecular complexity index is 1250. The maximum absolute atomic E-state index is 12.9. The molecule has 0 aliphatic carbocycles. The van der Waals surface area contributed by atoms with Crippen molar-refractivity contribution in [3.05, 3.63) is 96.9 Å². The van der Waals surface area contributed by atoms with Crippen LogP contribution in [-0.2, 0) is 17.9 Å². The highest BCUT2D eigenvalue weighted by molar-refractivity contribution is 14.1. The zero-order chi connectivity index (χ0) is 24.1. The molecule has 1 aliphatic heterocycles. The molecule has 34 heavy (non-hydrogen) atoms. The van der Waals surface area contributed by atoms with E-state index in [4.69, 9.17) is 21.1 Å². The van der Waals surface area contributed by atoms with Gasteiger partial charge in [0.15, 0.2) is 11.5 Å². The second kappa shape index (κ2) is 11.3. The van der Waals surface area contributed by atoms with Gasteiger partial charge in [-0.15, -0.1) is 0 Å². The number of thioether (sulfide) groups is 1. The number of hydrogen-bond acceptors (Lipinski definition) is 5. The standard InChI is InChI=1S/C26H21ClINO4S/c1-2-32-23-13-18(9-12-22(23)33-16-19-5-3-4-6-21(19)27)14-24-25(30)29(26(31)34-24)15-17-7-10-20(28)11-8-17/h3-14H,2,15-16H2,1H3/b24-14+. The minimum atomic E-state index is -0.300. The number of rotatable bonds is 8. The zero-order valence-corrected chi connectivity index (χ0v) is 22.0. The Hall–Kier alpha value is -2.49. The van der Waals surface area contributed by atoms with Crippen LogP contribution in [0.2, 0.25) is 5.02 Å². The van der Waals surface area contributed by atoms with Crippen LogP contribution in [0.15, 0.2) is 71.6 Å². The van der Waals surface area contributed by atoms with Crippen LogP contribution < -0.4 is 9.47 Å². The number of halogens is 2. The van der Waals surface area contributed by atoms with Gasteiger partial charge in [0.05, 0.1) is 18.1 Å². The van der Waals surface area contributed by atoms with Crippen LogP contribution in [0.25, 0.3) is 6.08 Å². The van der Waals surface area contributed by atoms with E-state index in [1.54, 1.807) is 18.2 Å². The van der Waals surface area contributed by atoms with Crippen LogP contribution in [0, 0.1) is 3.57 Å². The summed E-state index contributed by atoms with van der Waals surface area (Å²) >= 11 is 9.38. The Morgan fingerprint density at radius 1 is 1.00 bits per heavy atom.